The zero-order valence-corrected chi connectivity index (χ0v) is 19.7. The number of methoxy groups -OCH3 is 1. The Morgan fingerprint density at radius 3 is 2.81 bits per heavy atom. The number of halogens is 1. The average Bonchev–Trinajstić information content (AvgIpc) is 3.07. The summed E-state index contributed by atoms with van der Waals surface area (Å²) in [5, 5.41) is 6.33. The minimum absolute atomic E-state index is 0.0336. The van der Waals surface area contributed by atoms with Crippen molar-refractivity contribution in [2.24, 2.45) is 5.92 Å². The summed E-state index contributed by atoms with van der Waals surface area (Å²) < 4.78 is 7.94. The molecule has 0 atom stereocenters. The number of anilines is 1. The van der Waals surface area contributed by atoms with Gasteiger partial charge >= 0.3 is 5.69 Å². The molecule has 2 heterocycles. The zero-order valence-electron chi connectivity index (χ0n) is 18.2. The highest BCUT2D eigenvalue weighted by molar-refractivity contribution is 9.10. The molecule has 1 aliphatic carbocycles. The van der Waals surface area contributed by atoms with Crippen molar-refractivity contribution in [3.05, 3.63) is 44.9 Å². The van der Waals surface area contributed by atoms with Gasteiger partial charge in [-0.05, 0) is 49.8 Å². The molecular weight excluding hydrogens is 476 g/mol. The minimum atomic E-state index is -0.246. The molecule has 3 N–H and O–H groups in total. The number of aromatic nitrogens is 4. The molecule has 10 heteroatoms. The molecule has 0 bridgehead atoms. The van der Waals surface area contributed by atoms with Gasteiger partial charge in [0.1, 0.15) is 11.3 Å². The van der Waals surface area contributed by atoms with E-state index in [1.54, 1.807) is 24.8 Å². The summed E-state index contributed by atoms with van der Waals surface area (Å²) in [5.74, 6) is 1.73. The third kappa shape index (κ3) is 5.12. The quantitative estimate of drug-likeness (QED) is 0.457. The number of carbonyl (C=O) groups is 1. The first kappa shape index (κ1) is 22.3. The number of H-pyrrole nitrogens is 1. The highest BCUT2D eigenvalue weighted by atomic mass is 79.9. The van der Waals surface area contributed by atoms with Crippen LogP contribution in [0.3, 0.4) is 0 Å². The number of carbonyl (C=O) groups excluding carboxylic acids is 1. The Labute approximate surface area is 194 Å². The molecule has 2 aromatic heterocycles. The highest BCUT2D eigenvalue weighted by Gasteiger charge is 2.22. The van der Waals surface area contributed by atoms with Crippen LogP contribution in [0.25, 0.3) is 11.2 Å². The molecule has 1 aliphatic rings. The predicted molar refractivity (Wildman–Crippen MR) is 126 cm³/mol. The van der Waals surface area contributed by atoms with Crippen LogP contribution in [0.5, 0.6) is 5.75 Å². The van der Waals surface area contributed by atoms with Crippen LogP contribution >= 0.6 is 15.9 Å². The summed E-state index contributed by atoms with van der Waals surface area (Å²) in [6.07, 6.45) is 5.68. The van der Waals surface area contributed by atoms with E-state index in [1.807, 2.05) is 18.2 Å². The van der Waals surface area contributed by atoms with Crippen LogP contribution in [0.2, 0.25) is 0 Å². The van der Waals surface area contributed by atoms with E-state index in [-0.39, 0.29) is 17.6 Å². The van der Waals surface area contributed by atoms with Gasteiger partial charge < -0.3 is 20.4 Å². The summed E-state index contributed by atoms with van der Waals surface area (Å²) in [6, 6.07) is 5.97. The largest absolute Gasteiger partial charge is 0.496 e. The number of aromatic amines is 1. The Bertz CT molecular complexity index is 1170. The van der Waals surface area contributed by atoms with Crippen LogP contribution < -0.4 is 21.1 Å². The molecule has 0 saturated heterocycles. The molecule has 32 heavy (non-hydrogen) atoms. The zero-order chi connectivity index (χ0) is 22.7. The fraction of sp³-hybridized carbons (Fsp3) is 0.455. The molecule has 1 aromatic carbocycles. The van der Waals surface area contributed by atoms with E-state index in [2.05, 4.69) is 41.5 Å². The number of rotatable bonds is 7. The van der Waals surface area contributed by atoms with Crippen LogP contribution in [0.15, 0.2) is 33.7 Å². The maximum Gasteiger partial charge on any atom is 0.328 e. The maximum atomic E-state index is 12.6. The second kappa shape index (κ2) is 9.72. The molecule has 170 valence electrons. The molecule has 9 nitrogen and oxygen atoms in total. The van der Waals surface area contributed by atoms with E-state index in [9.17, 15) is 9.59 Å². The molecule has 1 fully saturated rings. The Kier molecular flexibility index (Phi) is 6.78. The Morgan fingerprint density at radius 1 is 1.31 bits per heavy atom. The molecule has 4 rings (SSSR count). The van der Waals surface area contributed by atoms with Crippen molar-refractivity contribution in [2.75, 3.05) is 19.0 Å². The van der Waals surface area contributed by atoms with E-state index in [4.69, 9.17) is 4.74 Å². The lowest BCUT2D eigenvalue weighted by Gasteiger charge is -2.28. The number of hydrogen-bond donors (Lipinski definition) is 3. The number of amides is 1. The third-order valence-corrected chi connectivity index (χ3v) is 6.38. The molecule has 0 radical (unpaired) electrons. The molecule has 1 amide bonds. The van der Waals surface area contributed by atoms with Gasteiger partial charge in [0.2, 0.25) is 11.9 Å². The number of nitrogens with one attached hydrogen (secondary N) is 3. The van der Waals surface area contributed by atoms with Crippen molar-refractivity contribution in [3.63, 3.8) is 0 Å². The lowest BCUT2D eigenvalue weighted by molar-refractivity contribution is -0.119. The molecule has 3 aromatic rings. The van der Waals surface area contributed by atoms with Gasteiger partial charge in [0.15, 0.2) is 5.65 Å². The number of imidazole rings is 1. The maximum absolute atomic E-state index is 12.6. The summed E-state index contributed by atoms with van der Waals surface area (Å²) in [5.41, 5.74) is 1.76. The third-order valence-electron chi connectivity index (χ3n) is 5.88. The first-order valence-corrected chi connectivity index (χ1v) is 11.5. The van der Waals surface area contributed by atoms with Crippen molar-refractivity contribution in [3.8, 4) is 5.75 Å². The van der Waals surface area contributed by atoms with Gasteiger partial charge in [-0.1, -0.05) is 15.9 Å². The van der Waals surface area contributed by atoms with Crippen molar-refractivity contribution >= 4 is 38.9 Å². The van der Waals surface area contributed by atoms with E-state index in [1.165, 1.54) is 0 Å². The normalized spacial score (nSPS) is 18.5. The van der Waals surface area contributed by atoms with Gasteiger partial charge in [-0.25, -0.2) is 9.78 Å². The molecule has 0 spiro atoms. The Hall–Kier alpha value is -2.88. The first-order valence-electron chi connectivity index (χ1n) is 10.7. The number of hydrogen-bond acceptors (Lipinski definition) is 6. The number of ether oxygens (including phenoxy) is 1. The first-order chi connectivity index (χ1) is 15.4. The average molecular weight is 503 g/mol. The van der Waals surface area contributed by atoms with E-state index in [0.29, 0.717) is 35.3 Å². The van der Waals surface area contributed by atoms with E-state index < -0.39 is 0 Å². The summed E-state index contributed by atoms with van der Waals surface area (Å²) in [6.45, 7) is 2.64. The van der Waals surface area contributed by atoms with Gasteiger partial charge in [-0.2, -0.15) is 4.98 Å². The van der Waals surface area contributed by atoms with Gasteiger partial charge in [0.25, 0.3) is 0 Å². The SMILES string of the molecule is COc1ccc(Br)cc1Cn1c(=O)[nH]c2cnc(NCC3CCC(NC(C)=O)CC3)nc21. The molecule has 0 unspecified atom stereocenters. The molecule has 1 saturated carbocycles. The van der Waals surface area contributed by atoms with Gasteiger partial charge in [0, 0.05) is 29.5 Å². The van der Waals surface area contributed by atoms with Crippen LogP contribution in [0.4, 0.5) is 5.95 Å². The Morgan fingerprint density at radius 2 is 2.09 bits per heavy atom. The smallest absolute Gasteiger partial charge is 0.328 e. The standard InChI is InChI=1S/C22H27BrN6O3/c1-13(30)26-17-6-3-14(4-7-17)10-24-21-25-11-18-20(28-21)29(22(31)27-18)12-15-9-16(23)5-8-19(15)32-2/h5,8-9,11,14,17H,3-4,6-7,10,12H2,1-2H3,(H,26,30)(H,27,31)(H,24,25,28). The highest BCUT2D eigenvalue weighted by Crippen LogP contribution is 2.26. The summed E-state index contributed by atoms with van der Waals surface area (Å²) in [7, 11) is 1.61. The van der Waals surface area contributed by atoms with Crippen LogP contribution in [-0.4, -0.2) is 45.1 Å². The molecule has 0 aliphatic heterocycles. The van der Waals surface area contributed by atoms with Crippen LogP contribution in [-0.2, 0) is 11.3 Å². The summed E-state index contributed by atoms with van der Waals surface area (Å²) in [4.78, 5) is 35.6. The Balaban J connectivity index is 1.47. The van der Waals surface area contributed by atoms with Crippen LogP contribution in [0.1, 0.15) is 38.2 Å². The molecular formula is C22H27BrN6O3. The van der Waals surface area contributed by atoms with Crippen molar-refractivity contribution < 1.29 is 9.53 Å². The summed E-state index contributed by atoms with van der Waals surface area (Å²) >= 11 is 3.48. The fourth-order valence-corrected chi connectivity index (χ4v) is 4.66. The second-order valence-electron chi connectivity index (χ2n) is 8.20. The van der Waals surface area contributed by atoms with Gasteiger partial charge in [0.05, 0.1) is 19.9 Å². The monoisotopic (exact) mass is 502 g/mol. The van der Waals surface area contributed by atoms with Crippen molar-refractivity contribution in [1.29, 1.82) is 0 Å². The lowest BCUT2D eigenvalue weighted by Crippen LogP contribution is -2.37. The predicted octanol–water partition coefficient (Wildman–Crippen LogP) is 3.05. The lowest BCUT2D eigenvalue weighted by atomic mass is 9.86. The second-order valence-corrected chi connectivity index (χ2v) is 9.12. The van der Waals surface area contributed by atoms with Crippen molar-refractivity contribution in [1.82, 2.24) is 24.8 Å². The number of fused-ring (bicyclic) bond motifs is 1. The van der Waals surface area contributed by atoms with E-state index >= 15 is 0 Å². The number of benzene rings is 1. The number of nitrogens with zero attached hydrogens (tertiary/aromatic N) is 3. The van der Waals surface area contributed by atoms with E-state index in [0.717, 1.165) is 42.3 Å². The van der Waals surface area contributed by atoms with Gasteiger partial charge in [-0.15, -0.1) is 0 Å². The topological polar surface area (TPSA) is 114 Å². The fourth-order valence-electron chi connectivity index (χ4n) is 4.25. The van der Waals surface area contributed by atoms with Gasteiger partial charge in [-0.3, -0.25) is 9.36 Å². The van der Waals surface area contributed by atoms with Crippen molar-refractivity contribution in [2.45, 2.75) is 45.2 Å². The van der Waals surface area contributed by atoms with Crippen LogP contribution in [0, 0.1) is 5.92 Å². The minimum Gasteiger partial charge on any atom is -0.496 e.